The lowest BCUT2D eigenvalue weighted by molar-refractivity contribution is 0.577. The van der Waals surface area contributed by atoms with Gasteiger partial charge in [-0.05, 0) is 18.6 Å². The zero-order valence-electron chi connectivity index (χ0n) is 9.57. The summed E-state index contributed by atoms with van der Waals surface area (Å²) in [6, 6.07) is 1.48. The molecule has 0 aliphatic heterocycles. The van der Waals surface area contributed by atoms with Crippen LogP contribution in [0.3, 0.4) is 0 Å². The topological polar surface area (TPSA) is 42.0 Å². The zero-order valence-corrected chi connectivity index (χ0v) is 10.4. The van der Waals surface area contributed by atoms with E-state index in [2.05, 4.69) is 10.3 Å². The third-order valence-electron chi connectivity index (χ3n) is 2.33. The van der Waals surface area contributed by atoms with E-state index in [1.54, 1.807) is 6.20 Å². The highest BCUT2D eigenvalue weighted by Crippen LogP contribution is 2.11. The number of hydrogen-bond acceptors (Lipinski definition) is 3. The second-order valence-corrected chi connectivity index (χ2v) is 5.41. The number of pyridine rings is 1. The second kappa shape index (κ2) is 6.70. The van der Waals surface area contributed by atoms with Crippen LogP contribution in [0.25, 0.3) is 0 Å². The molecule has 0 aliphatic rings. The molecule has 90 valence electrons. The first-order valence-electron chi connectivity index (χ1n) is 5.32. The van der Waals surface area contributed by atoms with Gasteiger partial charge in [0.25, 0.3) is 0 Å². The van der Waals surface area contributed by atoms with Gasteiger partial charge in [0.15, 0.2) is 0 Å². The van der Waals surface area contributed by atoms with Gasteiger partial charge in [-0.3, -0.25) is 9.19 Å². The molecule has 1 aromatic heterocycles. The highest BCUT2D eigenvalue weighted by molar-refractivity contribution is 7.84. The third-order valence-corrected chi connectivity index (χ3v) is 3.63. The van der Waals surface area contributed by atoms with Gasteiger partial charge in [0.1, 0.15) is 5.82 Å². The fraction of sp³-hybridized carbons (Fsp3) is 0.545. The van der Waals surface area contributed by atoms with Crippen molar-refractivity contribution in [3.63, 3.8) is 0 Å². The molecule has 0 fully saturated rings. The van der Waals surface area contributed by atoms with Crippen LogP contribution in [0.5, 0.6) is 0 Å². The number of nitrogens with zero attached hydrogens (tertiary/aromatic N) is 1. The van der Waals surface area contributed by atoms with E-state index in [4.69, 9.17) is 0 Å². The van der Waals surface area contributed by atoms with E-state index >= 15 is 0 Å². The molecule has 1 heterocycles. The Balaban J connectivity index is 2.40. The van der Waals surface area contributed by atoms with Crippen LogP contribution >= 0.6 is 0 Å². The van der Waals surface area contributed by atoms with Crippen molar-refractivity contribution in [2.75, 3.05) is 18.1 Å². The summed E-state index contributed by atoms with van der Waals surface area (Å²) in [7, 11) is -0.756. The molecule has 0 saturated carbocycles. The van der Waals surface area contributed by atoms with E-state index in [1.165, 1.54) is 12.3 Å². The summed E-state index contributed by atoms with van der Waals surface area (Å²) in [6.45, 7) is 4.50. The van der Waals surface area contributed by atoms with Crippen LogP contribution in [0.15, 0.2) is 18.5 Å². The molecule has 0 amide bonds. The highest BCUT2D eigenvalue weighted by Gasteiger charge is 2.06. The summed E-state index contributed by atoms with van der Waals surface area (Å²) in [5, 5.41) is 3.19. The molecule has 1 rings (SSSR count). The van der Waals surface area contributed by atoms with Crippen molar-refractivity contribution in [1.29, 1.82) is 0 Å². The lowest BCUT2D eigenvalue weighted by Crippen LogP contribution is -2.24. The van der Waals surface area contributed by atoms with Crippen molar-refractivity contribution in [1.82, 2.24) is 10.3 Å². The van der Waals surface area contributed by atoms with Crippen molar-refractivity contribution >= 4 is 10.8 Å². The Kier molecular flexibility index (Phi) is 5.55. The quantitative estimate of drug-likeness (QED) is 0.827. The molecule has 2 atom stereocenters. The third kappa shape index (κ3) is 4.37. The molecule has 0 bridgehead atoms. The van der Waals surface area contributed by atoms with Gasteiger partial charge in [0.2, 0.25) is 0 Å². The lowest BCUT2D eigenvalue weighted by Gasteiger charge is -2.13. The maximum Gasteiger partial charge on any atom is 0.141 e. The first kappa shape index (κ1) is 13.3. The monoisotopic (exact) mass is 244 g/mol. The van der Waals surface area contributed by atoms with Gasteiger partial charge in [-0.1, -0.05) is 6.92 Å². The highest BCUT2D eigenvalue weighted by atomic mass is 32.2. The van der Waals surface area contributed by atoms with Crippen molar-refractivity contribution in [3.05, 3.63) is 29.8 Å². The summed E-state index contributed by atoms with van der Waals surface area (Å²) in [5.41, 5.74) is 0.808. The second-order valence-electron chi connectivity index (χ2n) is 3.54. The van der Waals surface area contributed by atoms with Gasteiger partial charge < -0.3 is 5.32 Å². The maximum atomic E-state index is 12.9. The van der Waals surface area contributed by atoms with Crippen molar-refractivity contribution < 1.29 is 8.60 Å². The number of nitrogens with one attached hydrogen (secondary N) is 1. The smallest absolute Gasteiger partial charge is 0.141 e. The molecule has 2 unspecified atom stereocenters. The van der Waals surface area contributed by atoms with Crippen LogP contribution in [-0.4, -0.2) is 27.2 Å². The maximum absolute atomic E-state index is 12.9. The molecule has 1 aromatic rings. The Morgan fingerprint density at radius 3 is 2.94 bits per heavy atom. The molecule has 16 heavy (non-hydrogen) atoms. The zero-order chi connectivity index (χ0) is 12.0. The van der Waals surface area contributed by atoms with Crippen molar-refractivity contribution in [3.8, 4) is 0 Å². The summed E-state index contributed by atoms with van der Waals surface area (Å²) in [6.07, 6.45) is 2.82. The van der Waals surface area contributed by atoms with Crippen molar-refractivity contribution in [2.45, 2.75) is 19.9 Å². The summed E-state index contributed by atoms with van der Waals surface area (Å²) in [4.78, 5) is 3.79. The standard InChI is InChI=1S/C11H17FN2OS/c1-3-16(15)5-4-14-9(2)10-6-11(12)8-13-7-10/h6-9,14H,3-5H2,1-2H3. The average Bonchev–Trinajstić information content (AvgIpc) is 2.28. The van der Waals surface area contributed by atoms with E-state index in [0.29, 0.717) is 18.1 Å². The van der Waals surface area contributed by atoms with Crippen molar-refractivity contribution in [2.24, 2.45) is 0 Å². The number of rotatable bonds is 6. The number of halogens is 1. The van der Waals surface area contributed by atoms with Gasteiger partial charge in [0.05, 0.1) is 6.20 Å². The Morgan fingerprint density at radius 1 is 1.56 bits per heavy atom. The fourth-order valence-electron chi connectivity index (χ4n) is 1.32. The van der Waals surface area contributed by atoms with Gasteiger partial charge >= 0.3 is 0 Å². The summed E-state index contributed by atoms with van der Waals surface area (Å²) < 4.78 is 24.1. The predicted molar refractivity (Wildman–Crippen MR) is 64.2 cm³/mol. The molecular weight excluding hydrogens is 227 g/mol. The molecule has 0 saturated heterocycles. The SMILES string of the molecule is CCS(=O)CCNC(C)c1cncc(F)c1. The van der Waals surface area contributed by atoms with Gasteiger partial charge in [-0.25, -0.2) is 4.39 Å². The van der Waals surface area contributed by atoms with Crippen LogP contribution in [0.1, 0.15) is 25.5 Å². The molecule has 0 aromatic carbocycles. The average molecular weight is 244 g/mol. The Morgan fingerprint density at radius 2 is 2.31 bits per heavy atom. The molecule has 1 N–H and O–H groups in total. The first-order valence-corrected chi connectivity index (χ1v) is 6.81. The summed E-state index contributed by atoms with van der Waals surface area (Å²) in [5.74, 6) is 0.976. The predicted octanol–water partition coefficient (Wildman–Crippen LogP) is 1.64. The largest absolute Gasteiger partial charge is 0.309 e. The van der Waals surface area contributed by atoms with Crippen LogP contribution < -0.4 is 5.32 Å². The Labute approximate surface area is 97.9 Å². The fourth-order valence-corrected chi connectivity index (χ4v) is 1.95. The van der Waals surface area contributed by atoms with E-state index < -0.39 is 10.8 Å². The first-order chi connectivity index (χ1) is 7.63. The molecule has 0 radical (unpaired) electrons. The minimum absolute atomic E-state index is 0.0251. The molecule has 0 spiro atoms. The molecule has 3 nitrogen and oxygen atoms in total. The molecule has 5 heteroatoms. The van der Waals surface area contributed by atoms with E-state index in [9.17, 15) is 8.60 Å². The van der Waals surface area contributed by atoms with Gasteiger partial charge in [-0.15, -0.1) is 0 Å². The van der Waals surface area contributed by atoms with E-state index in [-0.39, 0.29) is 11.9 Å². The number of aromatic nitrogens is 1. The van der Waals surface area contributed by atoms with E-state index in [0.717, 1.165) is 5.56 Å². The summed E-state index contributed by atoms with van der Waals surface area (Å²) >= 11 is 0. The normalized spacial score (nSPS) is 14.7. The minimum Gasteiger partial charge on any atom is -0.309 e. The van der Waals surface area contributed by atoms with Gasteiger partial charge in [-0.2, -0.15) is 0 Å². The van der Waals surface area contributed by atoms with Crippen LogP contribution in [0, 0.1) is 5.82 Å². The molecule has 0 aliphatic carbocycles. The van der Waals surface area contributed by atoms with Crippen LogP contribution in [0.4, 0.5) is 4.39 Å². The van der Waals surface area contributed by atoms with Gasteiger partial charge in [0, 0.05) is 41.1 Å². The number of hydrogen-bond donors (Lipinski definition) is 1. The van der Waals surface area contributed by atoms with Crippen LogP contribution in [0.2, 0.25) is 0 Å². The minimum atomic E-state index is -0.756. The van der Waals surface area contributed by atoms with E-state index in [1.807, 2.05) is 13.8 Å². The lowest BCUT2D eigenvalue weighted by atomic mass is 10.1. The Hall–Kier alpha value is -0.810. The van der Waals surface area contributed by atoms with Crippen LogP contribution in [-0.2, 0) is 10.8 Å². The molecular formula is C11H17FN2OS. The Bertz CT molecular complexity index is 360.